The average molecular weight is 437 g/mol. The third-order valence-corrected chi connectivity index (χ3v) is 5.76. The summed E-state index contributed by atoms with van der Waals surface area (Å²) in [5, 5.41) is 14.6. The van der Waals surface area contributed by atoms with Crippen LogP contribution in [-0.4, -0.2) is 57.7 Å². The number of fused-ring (bicyclic) bond motifs is 2. The Morgan fingerprint density at radius 2 is 1.75 bits per heavy atom. The Morgan fingerprint density at radius 3 is 2.47 bits per heavy atom. The van der Waals surface area contributed by atoms with E-state index < -0.39 is 41.7 Å². The number of hydrogen-bond acceptors (Lipinski definition) is 6. The van der Waals surface area contributed by atoms with E-state index in [0.717, 1.165) is 15.7 Å². The molecule has 0 aliphatic carbocycles. The number of imide groups is 1. The molecule has 32 heavy (non-hydrogen) atoms. The van der Waals surface area contributed by atoms with Gasteiger partial charge in [-0.25, -0.2) is 4.79 Å². The molecule has 2 aliphatic heterocycles. The van der Waals surface area contributed by atoms with Crippen LogP contribution in [0, 0.1) is 5.92 Å². The number of ether oxygens (including phenoxy) is 1. The summed E-state index contributed by atoms with van der Waals surface area (Å²) >= 11 is 0. The van der Waals surface area contributed by atoms with Crippen molar-refractivity contribution in [2.24, 2.45) is 5.92 Å². The molecule has 4 unspecified atom stereocenters. The molecule has 4 rings (SSSR count). The van der Waals surface area contributed by atoms with Crippen LogP contribution in [0.3, 0.4) is 0 Å². The van der Waals surface area contributed by atoms with Crippen LogP contribution in [-0.2, 0) is 14.3 Å². The van der Waals surface area contributed by atoms with Crippen molar-refractivity contribution < 1.29 is 24.2 Å². The van der Waals surface area contributed by atoms with Crippen molar-refractivity contribution >= 4 is 28.7 Å². The maximum Gasteiger partial charge on any atom is 0.422 e. The van der Waals surface area contributed by atoms with Gasteiger partial charge in [-0.15, -0.1) is 0 Å². The van der Waals surface area contributed by atoms with Crippen LogP contribution in [0.1, 0.15) is 32.4 Å². The summed E-state index contributed by atoms with van der Waals surface area (Å²) < 4.78 is 5.37. The lowest BCUT2D eigenvalue weighted by atomic mass is 9.89. The lowest BCUT2D eigenvalue weighted by Gasteiger charge is -2.40. The second-order valence-corrected chi connectivity index (χ2v) is 9.12. The van der Waals surface area contributed by atoms with Crippen molar-refractivity contribution in [3.05, 3.63) is 60.2 Å². The zero-order chi connectivity index (χ0) is 23.2. The van der Waals surface area contributed by atoms with Crippen LogP contribution in [0.15, 0.2) is 54.6 Å². The minimum atomic E-state index is -1.08. The summed E-state index contributed by atoms with van der Waals surface area (Å²) in [5.74, 6) is -1.56. The normalized spacial score (nSPS) is 24.5. The molecule has 4 atom stereocenters. The molecule has 1 fully saturated rings. The third-order valence-electron chi connectivity index (χ3n) is 5.76. The van der Waals surface area contributed by atoms with Gasteiger partial charge in [-0.05, 0) is 37.1 Å². The SMILES string of the molecule is CN1C(=O)C2C=CC(C(O)c3cccc4ccccc34)N(NC(=O)OC(C)(C)C)C2C1=O. The number of likely N-dealkylation sites (N-methyl/N-ethyl adjacent to an activating group) is 1. The maximum atomic E-state index is 12.9. The van der Waals surface area contributed by atoms with Crippen molar-refractivity contribution in [2.75, 3.05) is 7.05 Å². The van der Waals surface area contributed by atoms with Crippen LogP contribution >= 0.6 is 0 Å². The van der Waals surface area contributed by atoms with E-state index >= 15 is 0 Å². The maximum absolute atomic E-state index is 12.9. The number of amides is 3. The molecular formula is C24H27N3O5. The number of hydrazine groups is 1. The van der Waals surface area contributed by atoms with E-state index in [0.29, 0.717) is 5.56 Å². The highest BCUT2D eigenvalue weighted by Gasteiger charge is 2.53. The number of aliphatic hydroxyl groups excluding tert-OH is 1. The number of hydrogen-bond donors (Lipinski definition) is 2. The molecule has 2 N–H and O–H groups in total. The molecule has 0 saturated carbocycles. The van der Waals surface area contributed by atoms with Gasteiger partial charge >= 0.3 is 6.09 Å². The van der Waals surface area contributed by atoms with Crippen LogP contribution in [0.2, 0.25) is 0 Å². The summed E-state index contributed by atoms with van der Waals surface area (Å²) in [6.07, 6.45) is 1.45. The van der Waals surface area contributed by atoms with Gasteiger partial charge in [-0.1, -0.05) is 54.6 Å². The fourth-order valence-corrected chi connectivity index (χ4v) is 4.31. The highest BCUT2D eigenvalue weighted by molar-refractivity contribution is 6.08. The fraction of sp³-hybridized carbons (Fsp3) is 0.375. The molecule has 0 radical (unpaired) electrons. The lowest BCUT2D eigenvalue weighted by Crippen LogP contribution is -2.61. The number of rotatable bonds is 3. The number of aliphatic hydroxyl groups is 1. The standard InChI is InChI=1S/C24H27N3O5/c1-24(2,3)32-23(31)25-27-18(13-12-17-19(27)22(30)26(4)21(17)29)20(28)16-11-7-9-14-8-5-6-10-15(14)16/h5-13,17-20,28H,1-4H3,(H,25,31). The first-order valence-electron chi connectivity index (χ1n) is 10.5. The molecule has 2 aromatic rings. The highest BCUT2D eigenvalue weighted by Crippen LogP contribution is 2.36. The second-order valence-electron chi connectivity index (χ2n) is 9.12. The molecule has 0 bridgehead atoms. The van der Waals surface area contributed by atoms with Gasteiger partial charge in [0.05, 0.1) is 12.0 Å². The number of carbonyl (C=O) groups is 3. The summed E-state index contributed by atoms with van der Waals surface area (Å²) in [7, 11) is 1.42. The van der Waals surface area contributed by atoms with E-state index in [1.54, 1.807) is 32.9 Å². The van der Waals surface area contributed by atoms with Crippen molar-refractivity contribution in [1.82, 2.24) is 15.3 Å². The summed E-state index contributed by atoms with van der Waals surface area (Å²) in [5.41, 5.74) is 2.52. The Balaban J connectivity index is 1.74. The Bertz CT molecular complexity index is 1100. The summed E-state index contributed by atoms with van der Waals surface area (Å²) in [4.78, 5) is 39.1. The van der Waals surface area contributed by atoms with Gasteiger partial charge in [0, 0.05) is 7.05 Å². The molecule has 3 amide bonds. The molecule has 1 saturated heterocycles. The second kappa shape index (κ2) is 8.03. The molecular weight excluding hydrogens is 410 g/mol. The first kappa shape index (κ1) is 22.0. The van der Waals surface area contributed by atoms with E-state index in [1.807, 2.05) is 42.5 Å². The van der Waals surface area contributed by atoms with Crippen LogP contribution in [0.5, 0.6) is 0 Å². The summed E-state index contributed by atoms with van der Waals surface area (Å²) in [6, 6.07) is 11.5. The minimum Gasteiger partial charge on any atom is -0.443 e. The van der Waals surface area contributed by atoms with E-state index in [2.05, 4.69) is 5.43 Å². The molecule has 168 valence electrons. The zero-order valence-corrected chi connectivity index (χ0v) is 18.5. The van der Waals surface area contributed by atoms with Gasteiger partial charge in [0.15, 0.2) is 0 Å². The predicted octanol–water partition coefficient (Wildman–Crippen LogP) is 2.54. The monoisotopic (exact) mass is 437 g/mol. The Morgan fingerprint density at radius 1 is 1.06 bits per heavy atom. The van der Waals surface area contributed by atoms with Gasteiger partial charge in [0.25, 0.3) is 0 Å². The van der Waals surface area contributed by atoms with Crippen LogP contribution in [0.25, 0.3) is 10.8 Å². The number of carbonyl (C=O) groups excluding carboxylic acids is 3. The van der Waals surface area contributed by atoms with Gasteiger partial charge in [0.2, 0.25) is 11.8 Å². The van der Waals surface area contributed by atoms with Gasteiger partial charge in [0.1, 0.15) is 17.7 Å². The summed E-state index contributed by atoms with van der Waals surface area (Å²) in [6.45, 7) is 5.18. The van der Waals surface area contributed by atoms with Crippen molar-refractivity contribution in [2.45, 2.75) is 44.6 Å². The first-order chi connectivity index (χ1) is 15.1. The fourth-order valence-electron chi connectivity index (χ4n) is 4.31. The smallest absolute Gasteiger partial charge is 0.422 e. The van der Waals surface area contributed by atoms with Gasteiger partial charge in [-0.3, -0.25) is 19.9 Å². The molecule has 8 heteroatoms. The molecule has 2 aliphatic rings. The number of likely N-dealkylation sites (tertiary alicyclic amines) is 1. The number of nitrogens with one attached hydrogen (secondary N) is 1. The minimum absolute atomic E-state index is 0.356. The molecule has 8 nitrogen and oxygen atoms in total. The van der Waals surface area contributed by atoms with E-state index in [-0.39, 0.29) is 5.91 Å². The molecule has 2 aromatic carbocycles. The number of nitrogens with zero attached hydrogens (tertiary/aromatic N) is 2. The number of benzene rings is 2. The van der Waals surface area contributed by atoms with Crippen LogP contribution < -0.4 is 5.43 Å². The lowest BCUT2D eigenvalue weighted by molar-refractivity contribution is -0.139. The highest BCUT2D eigenvalue weighted by atomic mass is 16.6. The molecule has 0 spiro atoms. The largest absolute Gasteiger partial charge is 0.443 e. The topological polar surface area (TPSA) is 99.2 Å². The molecule has 0 aromatic heterocycles. The Hall–Kier alpha value is -3.23. The van der Waals surface area contributed by atoms with Crippen LogP contribution in [0.4, 0.5) is 4.79 Å². The van der Waals surface area contributed by atoms with Gasteiger partial charge < -0.3 is 9.84 Å². The Labute approximate surface area is 186 Å². The third kappa shape index (κ3) is 3.87. The molecule has 2 heterocycles. The van der Waals surface area contributed by atoms with E-state index in [4.69, 9.17) is 4.74 Å². The zero-order valence-electron chi connectivity index (χ0n) is 18.5. The van der Waals surface area contributed by atoms with Crippen molar-refractivity contribution in [3.63, 3.8) is 0 Å². The first-order valence-corrected chi connectivity index (χ1v) is 10.5. The van der Waals surface area contributed by atoms with E-state index in [1.165, 1.54) is 12.1 Å². The van der Waals surface area contributed by atoms with E-state index in [9.17, 15) is 19.5 Å². The van der Waals surface area contributed by atoms with Crippen molar-refractivity contribution in [1.29, 1.82) is 0 Å². The quantitative estimate of drug-likeness (QED) is 0.566. The van der Waals surface area contributed by atoms with Gasteiger partial charge in [-0.2, -0.15) is 5.01 Å². The average Bonchev–Trinajstić information content (AvgIpc) is 2.96. The van der Waals surface area contributed by atoms with Crippen molar-refractivity contribution in [3.8, 4) is 0 Å². The predicted molar refractivity (Wildman–Crippen MR) is 118 cm³/mol. The Kier molecular flexibility index (Phi) is 5.52.